The number of rotatable bonds is 2. The molecule has 1 unspecified atom stereocenters. The molecule has 0 aromatic heterocycles. The van der Waals surface area contributed by atoms with E-state index in [9.17, 15) is 4.79 Å². The average Bonchev–Trinajstić information content (AvgIpc) is 2.87. The number of carbonyl (C=O) groups excluding carboxylic acids is 1. The average molecular weight is 260 g/mol. The van der Waals surface area contributed by atoms with Crippen LogP contribution in [0.25, 0.3) is 0 Å². The van der Waals surface area contributed by atoms with Crippen LogP contribution in [0.1, 0.15) is 23.2 Å². The highest BCUT2D eigenvalue weighted by molar-refractivity contribution is 6.03. The van der Waals surface area contributed by atoms with Gasteiger partial charge in [0.05, 0.1) is 31.5 Å². The molecule has 0 saturated carbocycles. The van der Waals surface area contributed by atoms with E-state index in [0.29, 0.717) is 22.7 Å². The molecule has 2 heterocycles. The lowest BCUT2D eigenvalue weighted by Gasteiger charge is -2.20. The molecule has 1 atom stereocenters. The van der Waals surface area contributed by atoms with Gasteiger partial charge in [0.15, 0.2) is 11.5 Å². The van der Waals surface area contributed by atoms with Crippen LogP contribution in [0.15, 0.2) is 17.1 Å². The van der Waals surface area contributed by atoms with Gasteiger partial charge in [-0.15, -0.1) is 0 Å². The number of benzene rings is 1. The van der Waals surface area contributed by atoms with Gasteiger partial charge in [0.25, 0.3) is 5.91 Å². The van der Waals surface area contributed by atoms with Gasteiger partial charge in [-0.1, -0.05) is 0 Å². The highest BCUT2D eigenvalue weighted by Crippen LogP contribution is 2.37. The van der Waals surface area contributed by atoms with Gasteiger partial charge in [0, 0.05) is 18.8 Å². The summed E-state index contributed by atoms with van der Waals surface area (Å²) in [4.78, 5) is 18.9. The predicted octanol–water partition coefficient (Wildman–Crippen LogP) is 2.02. The van der Waals surface area contributed by atoms with Crippen molar-refractivity contribution in [2.75, 3.05) is 20.8 Å². The number of amides is 1. The first-order chi connectivity index (χ1) is 9.24. The predicted molar refractivity (Wildman–Crippen MR) is 71.8 cm³/mol. The van der Waals surface area contributed by atoms with Crippen LogP contribution in [0, 0.1) is 0 Å². The van der Waals surface area contributed by atoms with E-state index in [-0.39, 0.29) is 11.9 Å². The lowest BCUT2D eigenvalue weighted by molar-refractivity contribution is 0.0774. The largest absolute Gasteiger partial charge is 0.493 e. The lowest BCUT2D eigenvalue weighted by atomic mass is 10.1. The molecule has 0 N–H and O–H groups in total. The number of aliphatic imine (C=N–C) groups is 1. The second kappa shape index (κ2) is 4.57. The Morgan fingerprint density at radius 2 is 2.00 bits per heavy atom. The fraction of sp³-hybridized carbons (Fsp3) is 0.429. The van der Waals surface area contributed by atoms with Crippen molar-refractivity contribution >= 4 is 17.8 Å². The van der Waals surface area contributed by atoms with Crippen LogP contribution in [-0.4, -0.2) is 43.8 Å². The van der Waals surface area contributed by atoms with Gasteiger partial charge < -0.3 is 14.4 Å². The lowest BCUT2D eigenvalue weighted by Crippen LogP contribution is -2.35. The number of fused-ring (bicyclic) bond motifs is 2. The van der Waals surface area contributed by atoms with Crippen LogP contribution < -0.4 is 9.47 Å². The number of hydrogen-bond donors (Lipinski definition) is 0. The Bertz CT molecular complexity index is 554. The van der Waals surface area contributed by atoms with Crippen LogP contribution in [0.5, 0.6) is 11.5 Å². The standard InChI is InChI=1S/C14H16N2O3/c1-18-12-6-10-11(7-13(12)19-2)15-8-9-4-3-5-16(9)14(10)17/h6-9H,3-5H2,1-2H3. The van der Waals surface area contributed by atoms with Crippen molar-refractivity contribution in [3.63, 3.8) is 0 Å². The Kier molecular flexibility index (Phi) is 2.89. The fourth-order valence-corrected chi connectivity index (χ4v) is 2.67. The molecule has 1 amide bonds. The molecule has 2 aliphatic heterocycles. The monoisotopic (exact) mass is 260 g/mol. The molecule has 3 rings (SSSR count). The molecule has 5 heteroatoms. The van der Waals surface area contributed by atoms with Crippen LogP contribution in [0.2, 0.25) is 0 Å². The summed E-state index contributed by atoms with van der Waals surface area (Å²) in [5.41, 5.74) is 1.23. The van der Waals surface area contributed by atoms with Gasteiger partial charge in [0.2, 0.25) is 0 Å². The van der Waals surface area contributed by atoms with Crippen molar-refractivity contribution in [3.8, 4) is 11.5 Å². The van der Waals surface area contributed by atoms with E-state index in [4.69, 9.17) is 9.47 Å². The van der Waals surface area contributed by atoms with Crippen LogP contribution in [0.4, 0.5) is 5.69 Å². The van der Waals surface area contributed by atoms with Crippen LogP contribution in [-0.2, 0) is 0 Å². The van der Waals surface area contributed by atoms with Crippen molar-refractivity contribution in [1.82, 2.24) is 4.90 Å². The van der Waals surface area contributed by atoms with Gasteiger partial charge in [-0.25, -0.2) is 0 Å². The Hall–Kier alpha value is -2.04. The van der Waals surface area contributed by atoms with E-state index in [2.05, 4.69) is 4.99 Å². The van der Waals surface area contributed by atoms with Crippen molar-refractivity contribution in [2.24, 2.45) is 4.99 Å². The summed E-state index contributed by atoms with van der Waals surface area (Å²) in [6, 6.07) is 3.59. The first-order valence-electron chi connectivity index (χ1n) is 6.35. The quantitative estimate of drug-likeness (QED) is 0.817. The van der Waals surface area contributed by atoms with Gasteiger partial charge in [0.1, 0.15) is 0 Å². The first kappa shape index (κ1) is 12.0. The SMILES string of the molecule is COc1cc2c(cc1OC)C(=O)N1CCCC1C=N2. The zero-order chi connectivity index (χ0) is 13.4. The zero-order valence-corrected chi connectivity index (χ0v) is 11.0. The topological polar surface area (TPSA) is 51.1 Å². The maximum absolute atomic E-state index is 12.5. The third kappa shape index (κ3) is 1.85. The van der Waals surface area contributed by atoms with Crippen molar-refractivity contribution in [1.29, 1.82) is 0 Å². The summed E-state index contributed by atoms with van der Waals surface area (Å²) >= 11 is 0. The Labute approximate surface area is 111 Å². The third-order valence-electron chi connectivity index (χ3n) is 3.68. The molecule has 0 radical (unpaired) electrons. The van der Waals surface area contributed by atoms with Gasteiger partial charge in [-0.05, 0) is 18.9 Å². The fourth-order valence-electron chi connectivity index (χ4n) is 2.67. The number of ether oxygens (including phenoxy) is 2. The molecule has 5 nitrogen and oxygen atoms in total. The number of carbonyl (C=O) groups is 1. The number of methoxy groups -OCH3 is 2. The normalized spacial score (nSPS) is 20.8. The smallest absolute Gasteiger partial charge is 0.256 e. The number of hydrogen-bond acceptors (Lipinski definition) is 4. The molecular formula is C14H16N2O3. The summed E-state index contributed by atoms with van der Waals surface area (Å²) in [7, 11) is 3.14. The Morgan fingerprint density at radius 1 is 1.26 bits per heavy atom. The highest BCUT2D eigenvalue weighted by atomic mass is 16.5. The second-order valence-corrected chi connectivity index (χ2v) is 4.71. The van der Waals surface area contributed by atoms with Gasteiger partial charge in [-0.2, -0.15) is 0 Å². The summed E-state index contributed by atoms with van der Waals surface area (Å²) < 4.78 is 10.5. The molecule has 1 aromatic carbocycles. The van der Waals surface area contributed by atoms with Crippen molar-refractivity contribution in [3.05, 3.63) is 17.7 Å². The maximum atomic E-state index is 12.5. The van der Waals surface area contributed by atoms with Gasteiger partial charge >= 0.3 is 0 Å². The minimum Gasteiger partial charge on any atom is -0.493 e. The molecule has 1 saturated heterocycles. The summed E-state index contributed by atoms with van der Waals surface area (Å²) in [6.45, 7) is 0.795. The molecule has 2 aliphatic rings. The molecule has 19 heavy (non-hydrogen) atoms. The first-order valence-corrected chi connectivity index (χ1v) is 6.35. The summed E-state index contributed by atoms with van der Waals surface area (Å²) in [5, 5.41) is 0. The molecular weight excluding hydrogens is 244 g/mol. The van der Waals surface area contributed by atoms with Crippen LogP contribution >= 0.6 is 0 Å². The Morgan fingerprint density at radius 3 is 2.74 bits per heavy atom. The van der Waals surface area contributed by atoms with Gasteiger partial charge in [-0.3, -0.25) is 9.79 Å². The van der Waals surface area contributed by atoms with E-state index in [1.165, 1.54) is 0 Å². The van der Waals surface area contributed by atoms with Crippen molar-refractivity contribution in [2.45, 2.75) is 18.9 Å². The van der Waals surface area contributed by atoms with Crippen LogP contribution in [0.3, 0.4) is 0 Å². The van der Waals surface area contributed by atoms with E-state index in [0.717, 1.165) is 19.4 Å². The maximum Gasteiger partial charge on any atom is 0.256 e. The molecule has 1 aromatic rings. The molecule has 0 bridgehead atoms. The Balaban J connectivity index is 2.12. The molecule has 0 aliphatic carbocycles. The minimum absolute atomic E-state index is 0.0240. The van der Waals surface area contributed by atoms with Crippen molar-refractivity contribution < 1.29 is 14.3 Å². The zero-order valence-electron chi connectivity index (χ0n) is 11.0. The second-order valence-electron chi connectivity index (χ2n) is 4.71. The molecule has 100 valence electrons. The van der Waals surface area contributed by atoms with E-state index >= 15 is 0 Å². The molecule has 0 spiro atoms. The number of nitrogens with zero attached hydrogens (tertiary/aromatic N) is 2. The van der Waals surface area contributed by atoms with E-state index in [1.54, 1.807) is 26.4 Å². The molecule has 1 fully saturated rings. The summed E-state index contributed by atoms with van der Waals surface area (Å²) in [6.07, 6.45) is 3.88. The van der Waals surface area contributed by atoms with E-state index in [1.807, 2.05) is 11.1 Å². The van der Waals surface area contributed by atoms with E-state index < -0.39 is 0 Å². The highest BCUT2D eigenvalue weighted by Gasteiger charge is 2.32. The minimum atomic E-state index is 0.0240. The third-order valence-corrected chi connectivity index (χ3v) is 3.68. The summed E-state index contributed by atoms with van der Waals surface area (Å²) in [5.74, 6) is 1.17.